The van der Waals surface area contributed by atoms with E-state index in [0.717, 1.165) is 0 Å². The van der Waals surface area contributed by atoms with Gasteiger partial charge in [-0.2, -0.15) is 13.2 Å². The standard InChI is InChI=1S/C10H15F3N2O2S/c1-3-9(4-2)7(16)14-8(17)15(9)5-6-18-10(11,12)13/h3-6H2,1-2H3,(H,14,16,17). The Kier molecular flexibility index (Phi) is 4.52. The molecule has 0 radical (unpaired) electrons. The molecule has 1 aliphatic rings. The zero-order valence-corrected chi connectivity index (χ0v) is 11.0. The second-order valence-corrected chi connectivity index (χ2v) is 5.10. The minimum Gasteiger partial charge on any atom is -0.309 e. The van der Waals surface area contributed by atoms with Gasteiger partial charge >= 0.3 is 11.5 Å². The summed E-state index contributed by atoms with van der Waals surface area (Å²) < 4.78 is 36.1. The first kappa shape index (κ1) is 15.1. The third-order valence-corrected chi connectivity index (χ3v) is 3.87. The SMILES string of the molecule is CCC1(CC)C(=O)NC(=O)N1CCSC(F)(F)F. The molecule has 1 rings (SSSR count). The molecule has 0 aromatic heterocycles. The number of halogens is 3. The Morgan fingerprint density at radius 3 is 2.28 bits per heavy atom. The first-order valence-corrected chi connectivity index (χ1v) is 6.59. The monoisotopic (exact) mass is 284 g/mol. The van der Waals surface area contributed by atoms with Crippen LogP contribution in [0.3, 0.4) is 0 Å². The van der Waals surface area contributed by atoms with Gasteiger partial charge in [0.15, 0.2) is 0 Å². The summed E-state index contributed by atoms with van der Waals surface area (Å²) in [5, 5.41) is 2.16. The molecule has 1 N–H and O–H groups in total. The Hall–Kier alpha value is -0.920. The highest BCUT2D eigenvalue weighted by Gasteiger charge is 2.50. The number of imide groups is 1. The summed E-state index contributed by atoms with van der Waals surface area (Å²) in [5.74, 6) is -0.694. The number of carbonyl (C=O) groups is 2. The fourth-order valence-electron chi connectivity index (χ4n) is 2.12. The number of carbonyl (C=O) groups excluding carboxylic acids is 2. The minimum atomic E-state index is -4.32. The number of urea groups is 1. The quantitative estimate of drug-likeness (QED) is 0.788. The Morgan fingerprint density at radius 2 is 1.83 bits per heavy atom. The van der Waals surface area contributed by atoms with Gasteiger partial charge in [0, 0.05) is 12.3 Å². The summed E-state index contributed by atoms with van der Waals surface area (Å²) in [6.07, 6.45) is 0.773. The van der Waals surface area contributed by atoms with Gasteiger partial charge in [-0.3, -0.25) is 10.1 Å². The summed E-state index contributed by atoms with van der Waals surface area (Å²) in [6, 6.07) is -0.605. The summed E-state index contributed by atoms with van der Waals surface area (Å²) >= 11 is -0.188. The highest BCUT2D eigenvalue weighted by molar-refractivity contribution is 8.00. The first-order valence-electron chi connectivity index (χ1n) is 5.60. The van der Waals surface area contributed by atoms with Crippen molar-refractivity contribution in [2.24, 2.45) is 0 Å². The number of amides is 3. The average molecular weight is 284 g/mol. The molecule has 0 saturated carbocycles. The van der Waals surface area contributed by atoms with Gasteiger partial charge in [0.1, 0.15) is 5.54 Å². The third kappa shape index (κ3) is 2.90. The van der Waals surface area contributed by atoms with Gasteiger partial charge in [-0.15, -0.1) is 0 Å². The van der Waals surface area contributed by atoms with Crippen LogP contribution in [0, 0.1) is 0 Å². The Balaban J connectivity index is 2.72. The lowest BCUT2D eigenvalue weighted by atomic mass is 9.91. The maximum absolute atomic E-state index is 12.0. The van der Waals surface area contributed by atoms with E-state index < -0.39 is 23.0 Å². The van der Waals surface area contributed by atoms with Gasteiger partial charge in [-0.25, -0.2) is 4.79 Å². The predicted molar refractivity (Wildman–Crippen MR) is 62.1 cm³/mol. The van der Waals surface area contributed by atoms with Crippen LogP contribution in [0.25, 0.3) is 0 Å². The second kappa shape index (κ2) is 5.38. The van der Waals surface area contributed by atoms with Crippen molar-refractivity contribution in [2.75, 3.05) is 12.3 Å². The molecule has 18 heavy (non-hydrogen) atoms. The molecule has 8 heteroatoms. The average Bonchev–Trinajstić information content (AvgIpc) is 2.49. The summed E-state index contributed by atoms with van der Waals surface area (Å²) in [7, 11) is 0. The maximum Gasteiger partial charge on any atom is 0.441 e. The van der Waals surface area contributed by atoms with Crippen LogP contribution in [0.2, 0.25) is 0 Å². The van der Waals surface area contributed by atoms with Crippen LogP contribution in [0.1, 0.15) is 26.7 Å². The van der Waals surface area contributed by atoms with Crippen LogP contribution in [0.15, 0.2) is 0 Å². The van der Waals surface area contributed by atoms with Gasteiger partial charge in [0.05, 0.1) is 0 Å². The molecule has 104 valence electrons. The zero-order chi connectivity index (χ0) is 14.0. The summed E-state index contributed by atoms with van der Waals surface area (Å²) in [4.78, 5) is 24.5. The summed E-state index contributed by atoms with van der Waals surface area (Å²) in [6.45, 7) is 3.39. The molecule has 3 amide bonds. The van der Waals surface area contributed by atoms with Crippen molar-refractivity contribution >= 4 is 23.7 Å². The van der Waals surface area contributed by atoms with Crippen LogP contribution in [0.4, 0.5) is 18.0 Å². The van der Waals surface area contributed by atoms with E-state index in [0.29, 0.717) is 12.8 Å². The van der Waals surface area contributed by atoms with Crippen molar-refractivity contribution in [2.45, 2.75) is 37.7 Å². The van der Waals surface area contributed by atoms with Crippen LogP contribution in [0.5, 0.6) is 0 Å². The van der Waals surface area contributed by atoms with Crippen molar-refractivity contribution in [3.05, 3.63) is 0 Å². The number of rotatable bonds is 5. The maximum atomic E-state index is 12.0. The van der Waals surface area contributed by atoms with Crippen molar-refractivity contribution in [1.29, 1.82) is 0 Å². The van der Waals surface area contributed by atoms with E-state index in [4.69, 9.17) is 0 Å². The number of thioether (sulfide) groups is 1. The van der Waals surface area contributed by atoms with E-state index >= 15 is 0 Å². The molecular formula is C10H15F3N2O2S. The molecule has 0 aromatic carbocycles. The topological polar surface area (TPSA) is 49.4 Å². The molecule has 0 atom stereocenters. The van der Waals surface area contributed by atoms with E-state index in [1.807, 2.05) is 0 Å². The molecule has 0 bridgehead atoms. The van der Waals surface area contributed by atoms with E-state index in [1.165, 1.54) is 4.90 Å². The fourth-order valence-corrected chi connectivity index (χ4v) is 2.62. The van der Waals surface area contributed by atoms with Crippen molar-refractivity contribution < 1.29 is 22.8 Å². The number of hydrogen-bond acceptors (Lipinski definition) is 3. The van der Waals surface area contributed by atoms with Gasteiger partial charge < -0.3 is 4.90 Å². The van der Waals surface area contributed by atoms with Gasteiger partial charge in [-0.05, 0) is 24.6 Å². The third-order valence-electron chi connectivity index (χ3n) is 3.16. The molecule has 1 fully saturated rings. The highest BCUT2D eigenvalue weighted by Crippen LogP contribution is 2.33. The first-order chi connectivity index (χ1) is 8.27. The number of nitrogens with one attached hydrogen (secondary N) is 1. The molecule has 0 aliphatic carbocycles. The van der Waals surface area contributed by atoms with Crippen LogP contribution >= 0.6 is 11.8 Å². The number of alkyl halides is 3. The Bertz CT molecular complexity index is 343. The highest BCUT2D eigenvalue weighted by atomic mass is 32.2. The number of nitrogens with zero attached hydrogens (tertiary/aromatic N) is 1. The lowest BCUT2D eigenvalue weighted by Crippen LogP contribution is -2.49. The van der Waals surface area contributed by atoms with E-state index in [2.05, 4.69) is 5.32 Å². The molecule has 4 nitrogen and oxygen atoms in total. The molecular weight excluding hydrogens is 269 g/mol. The lowest BCUT2D eigenvalue weighted by molar-refractivity contribution is -0.126. The Labute approximate surface area is 107 Å². The predicted octanol–water partition coefficient (Wildman–Crippen LogP) is 2.35. The van der Waals surface area contributed by atoms with Gasteiger partial charge in [-0.1, -0.05) is 13.8 Å². The lowest BCUT2D eigenvalue weighted by Gasteiger charge is -2.33. The molecule has 1 aliphatic heterocycles. The Morgan fingerprint density at radius 1 is 1.28 bits per heavy atom. The molecule has 0 unspecified atom stereocenters. The van der Waals surface area contributed by atoms with Crippen LogP contribution in [-0.2, 0) is 4.79 Å². The summed E-state index contributed by atoms with van der Waals surface area (Å²) in [5.41, 5.74) is -5.31. The minimum absolute atomic E-state index is 0.0938. The molecule has 0 aromatic rings. The van der Waals surface area contributed by atoms with E-state index in [-0.39, 0.29) is 24.1 Å². The van der Waals surface area contributed by atoms with Crippen molar-refractivity contribution in [3.63, 3.8) is 0 Å². The van der Waals surface area contributed by atoms with Crippen molar-refractivity contribution in [1.82, 2.24) is 10.2 Å². The molecule has 1 saturated heterocycles. The zero-order valence-electron chi connectivity index (χ0n) is 10.1. The van der Waals surface area contributed by atoms with E-state index in [1.54, 1.807) is 13.8 Å². The van der Waals surface area contributed by atoms with Crippen LogP contribution in [-0.4, -0.2) is 40.2 Å². The molecule has 0 spiro atoms. The van der Waals surface area contributed by atoms with Gasteiger partial charge in [0.25, 0.3) is 5.91 Å². The number of hydrogen-bond donors (Lipinski definition) is 1. The largest absolute Gasteiger partial charge is 0.441 e. The van der Waals surface area contributed by atoms with Crippen LogP contribution < -0.4 is 5.32 Å². The normalized spacial score (nSPS) is 19.3. The smallest absolute Gasteiger partial charge is 0.309 e. The second-order valence-electron chi connectivity index (χ2n) is 3.94. The van der Waals surface area contributed by atoms with Crippen molar-refractivity contribution in [3.8, 4) is 0 Å². The van der Waals surface area contributed by atoms with Gasteiger partial charge in [0.2, 0.25) is 0 Å². The fraction of sp³-hybridized carbons (Fsp3) is 0.800. The van der Waals surface area contributed by atoms with E-state index in [9.17, 15) is 22.8 Å². The molecule has 1 heterocycles.